The zero-order chi connectivity index (χ0) is 13.5. The van der Waals surface area contributed by atoms with Gasteiger partial charge in [0, 0.05) is 0 Å². The molecule has 0 radical (unpaired) electrons. The zero-order valence-corrected chi connectivity index (χ0v) is 10.9. The number of nitrogens with zero attached hydrogens (tertiary/aromatic N) is 1. The molecule has 0 N–H and O–H groups in total. The number of esters is 1. The lowest BCUT2D eigenvalue weighted by Crippen LogP contribution is -2.16. The maximum absolute atomic E-state index is 11.5. The first kappa shape index (κ1) is 14.0. The molecule has 0 aliphatic rings. The molecule has 0 fully saturated rings. The number of hydrogen-bond donors (Lipinski definition) is 0. The summed E-state index contributed by atoms with van der Waals surface area (Å²) in [5.74, 6) is 0.120. The number of carbonyl (C=O) groups is 1. The van der Waals surface area contributed by atoms with Crippen molar-refractivity contribution in [2.75, 3.05) is 13.7 Å². The van der Waals surface area contributed by atoms with Crippen LogP contribution >= 0.6 is 0 Å². The van der Waals surface area contributed by atoms with Crippen molar-refractivity contribution in [2.24, 2.45) is 5.92 Å². The second-order valence-corrected chi connectivity index (χ2v) is 4.00. The standard InChI is InChI=1S/C14H17NO3/c1-4-18-14(16)10(2)7-11-5-6-12(9-15)13(8-11)17-3/h5-6,8,10H,4,7H2,1-3H3. The molecule has 0 spiro atoms. The van der Waals surface area contributed by atoms with Crippen LogP contribution in [0.5, 0.6) is 5.75 Å². The first-order valence-corrected chi connectivity index (χ1v) is 5.86. The van der Waals surface area contributed by atoms with Crippen LogP contribution in [-0.2, 0) is 16.0 Å². The maximum Gasteiger partial charge on any atom is 0.308 e. The minimum absolute atomic E-state index is 0.206. The third-order valence-corrected chi connectivity index (χ3v) is 2.62. The quantitative estimate of drug-likeness (QED) is 0.749. The van der Waals surface area contributed by atoms with Crippen molar-refractivity contribution in [1.29, 1.82) is 5.26 Å². The highest BCUT2D eigenvalue weighted by Crippen LogP contribution is 2.21. The van der Waals surface area contributed by atoms with Gasteiger partial charge in [0.15, 0.2) is 0 Å². The van der Waals surface area contributed by atoms with E-state index in [1.807, 2.05) is 13.0 Å². The van der Waals surface area contributed by atoms with Crippen LogP contribution in [0.4, 0.5) is 0 Å². The van der Waals surface area contributed by atoms with Gasteiger partial charge in [0.2, 0.25) is 0 Å². The second kappa shape index (κ2) is 6.65. The minimum atomic E-state index is -0.208. The summed E-state index contributed by atoms with van der Waals surface area (Å²) < 4.78 is 10.1. The summed E-state index contributed by atoms with van der Waals surface area (Å²) in [6, 6.07) is 7.37. The largest absolute Gasteiger partial charge is 0.495 e. The lowest BCUT2D eigenvalue weighted by atomic mass is 10.00. The second-order valence-electron chi connectivity index (χ2n) is 4.00. The Hall–Kier alpha value is -2.02. The van der Waals surface area contributed by atoms with E-state index in [2.05, 4.69) is 6.07 Å². The fraction of sp³-hybridized carbons (Fsp3) is 0.429. The van der Waals surface area contributed by atoms with E-state index in [1.54, 1.807) is 19.1 Å². The number of ether oxygens (including phenoxy) is 2. The predicted octanol–water partition coefficient (Wildman–Crippen LogP) is 2.31. The van der Waals surface area contributed by atoms with Crippen LogP contribution in [0.25, 0.3) is 0 Å². The third kappa shape index (κ3) is 3.49. The molecule has 0 saturated heterocycles. The van der Waals surface area contributed by atoms with Gasteiger partial charge >= 0.3 is 5.97 Å². The highest BCUT2D eigenvalue weighted by Gasteiger charge is 2.15. The number of carbonyl (C=O) groups excluding carboxylic acids is 1. The van der Waals surface area contributed by atoms with Gasteiger partial charge in [-0.25, -0.2) is 0 Å². The molecule has 0 aromatic heterocycles. The molecular formula is C14H17NO3. The Bertz CT molecular complexity index is 463. The molecule has 4 nitrogen and oxygen atoms in total. The molecule has 0 aliphatic carbocycles. The van der Waals surface area contributed by atoms with Crippen LogP contribution in [-0.4, -0.2) is 19.7 Å². The van der Waals surface area contributed by atoms with Gasteiger partial charge in [0.25, 0.3) is 0 Å². The van der Waals surface area contributed by atoms with E-state index in [0.717, 1.165) is 5.56 Å². The van der Waals surface area contributed by atoms with Gasteiger partial charge in [-0.2, -0.15) is 5.26 Å². The molecule has 0 bridgehead atoms. The predicted molar refractivity (Wildman–Crippen MR) is 67.2 cm³/mol. The number of benzene rings is 1. The van der Waals surface area contributed by atoms with Crippen LogP contribution in [0.3, 0.4) is 0 Å². The normalized spacial score (nSPS) is 11.4. The number of rotatable bonds is 5. The first-order chi connectivity index (χ1) is 8.62. The van der Waals surface area contributed by atoms with Crippen LogP contribution in [0.2, 0.25) is 0 Å². The fourth-order valence-corrected chi connectivity index (χ4v) is 1.68. The first-order valence-electron chi connectivity index (χ1n) is 5.86. The van der Waals surface area contributed by atoms with E-state index in [-0.39, 0.29) is 11.9 Å². The van der Waals surface area contributed by atoms with Gasteiger partial charge in [0.05, 0.1) is 25.2 Å². The van der Waals surface area contributed by atoms with Crippen molar-refractivity contribution in [3.05, 3.63) is 29.3 Å². The summed E-state index contributed by atoms with van der Waals surface area (Å²) in [6.45, 7) is 4.00. The van der Waals surface area contributed by atoms with Gasteiger partial charge in [0.1, 0.15) is 11.8 Å². The molecule has 18 heavy (non-hydrogen) atoms. The van der Waals surface area contributed by atoms with E-state index < -0.39 is 0 Å². The van der Waals surface area contributed by atoms with Gasteiger partial charge in [-0.05, 0) is 31.0 Å². The molecule has 4 heteroatoms. The molecule has 96 valence electrons. The van der Waals surface area contributed by atoms with Crippen molar-refractivity contribution in [3.63, 3.8) is 0 Å². The molecule has 0 aliphatic heterocycles. The summed E-state index contributed by atoms with van der Waals surface area (Å²) >= 11 is 0. The topological polar surface area (TPSA) is 59.3 Å². The van der Waals surface area contributed by atoms with Crippen molar-refractivity contribution < 1.29 is 14.3 Å². The molecule has 1 aromatic carbocycles. The smallest absolute Gasteiger partial charge is 0.308 e. The maximum atomic E-state index is 11.5. The Balaban J connectivity index is 2.80. The van der Waals surface area contributed by atoms with Crippen LogP contribution < -0.4 is 4.74 Å². The van der Waals surface area contributed by atoms with E-state index in [1.165, 1.54) is 7.11 Å². The lowest BCUT2D eigenvalue weighted by molar-refractivity contribution is -0.147. The summed E-state index contributed by atoms with van der Waals surface area (Å²) in [5.41, 5.74) is 1.44. The zero-order valence-electron chi connectivity index (χ0n) is 10.9. The molecule has 0 amide bonds. The highest BCUT2D eigenvalue weighted by molar-refractivity contribution is 5.72. The molecule has 0 heterocycles. The monoisotopic (exact) mass is 247 g/mol. The fourth-order valence-electron chi connectivity index (χ4n) is 1.68. The highest BCUT2D eigenvalue weighted by atomic mass is 16.5. The Labute approximate surface area is 107 Å². The van der Waals surface area contributed by atoms with Crippen LogP contribution in [0, 0.1) is 17.2 Å². The summed E-state index contributed by atoms with van der Waals surface area (Å²) in [7, 11) is 1.52. The number of nitriles is 1. The SMILES string of the molecule is CCOC(=O)C(C)Cc1ccc(C#N)c(OC)c1. The Morgan fingerprint density at radius 3 is 2.78 bits per heavy atom. The average Bonchev–Trinajstić information content (AvgIpc) is 2.38. The van der Waals surface area contributed by atoms with Gasteiger partial charge < -0.3 is 9.47 Å². The molecular weight excluding hydrogens is 230 g/mol. The van der Waals surface area contributed by atoms with Crippen LogP contribution in [0.1, 0.15) is 25.0 Å². The van der Waals surface area contributed by atoms with Crippen LogP contribution in [0.15, 0.2) is 18.2 Å². The van der Waals surface area contributed by atoms with Crippen molar-refractivity contribution >= 4 is 5.97 Å². The Morgan fingerprint density at radius 1 is 1.50 bits per heavy atom. The van der Waals surface area contributed by atoms with E-state index in [9.17, 15) is 4.79 Å². The summed E-state index contributed by atoms with van der Waals surface area (Å²) in [5, 5.41) is 8.88. The van der Waals surface area contributed by atoms with Gasteiger partial charge in [-0.1, -0.05) is 13.0 Å². The molecule has 1 unspecified atom stereocenters. The van der Waals surface area contributed by atoms with Crippen molar-refractivity contribution in [2.45, 2.75) is 20.3 Å². The third-order valence-electron chi connectivity index (χ3n) is 2.62. The van der Waals surface area contributed by atoms with Gasteiger partial charge in [-0.15, -0.1) is 0 Å². The summed E-state index contributed by atoms with van der Waals surface area (Å²) in [4.78, 5) is 11.5. The molecule has 0 saturated carbocycles. The van der Waals surface area contributed by atoms with Gasteiger partial charge in [-0.3, -0.25) is 4.79 Å². The average molecular weight is 247 g/mol. The Kier molecular flexibility index (Phi) is 5.19. The van der Waals surface area contributed by atoms with E-state index in [0.29, 0.717) is 24.3 Å². The van der Waals surface area contributed by atoms with E-state index in [4.69, 9.17) is 14.7 Å². The number of methoxy groups -OCH3 is 1. The van der Waals surface area contributed by atoms with Crippen molar-refractivity contribution in [1.82, 2.24) is 0 Å². The lowest BCUT2D eigenvalue weighted by Gasteiger charge is -2.11. The number of hydrogen-bond acceptors (Lipinski definition) is 4. The van der Waals surface area contributed by atoms with Crippen molar-refractivity contribution in [3.8, 4) is 11.8 Å². The van der Waals surface area contributed by atoms with E-state index >= 15 is 0 Å². The molecule has 1 atom stereocenters. The molecule has 1 aromatic rings. The molecule has 1 rings (SSSR count). The minimum Gasteiger partial charge on any atom is -0.495 e. The summed E-state index contributed by atoms with van der Waals surface area (Å²) in [6.07, 6.45) is 0.570. The Morgan fingerprint density at radius 2 is 2.22 bits per heavy atom.